The smallest absolute Gasteiger partial charge is 0.0714 e. The summed E-state index contributed by atoms with van der Waals surface area (Å²) in [6.45, 7) is 4.19. The van der Waals surface area contributed by atoms with Crippen LogP contribution in [0.3, 0.4) is 0 Å². The van der Waals surface area contributed by atoms with Crippen LogP contribution >= 0.6 is 0 Å². The van der Waals surface area contributed by atoms with E-state index in [-0.39, 0.29) is 0 Å². The molecule has 1 heterocycles. The molecule has 1 rings (SSSR count). The summed E-state index contributed by atoms with van der Waals surface area (Å²) in [6, 6.07) is 2.77. The van der Waals surface area contributed by atoms with Gasteiger partial charge < -0.3 is 10.5 Å². The lowest BCUT2D eigenvalue weighted by Gasteiger charge is -2.28. The van der Waals surface area contributed by atoms with Gasteiger partial charge in [-0.2, -0.15) is 0 Å². The van der Waals surface area contributed by atoms with E-state index in [0.29, 0.717) is 5.73 Å². The van der Waals surface area contributed by atoms with Gasteiger partial charge in [0.05, 0.1) is 8.80 Å². The molecular formula is C10H23NOSi. The summed E-state index contributed by atoms with van der Waals surface area (Å²) in [4.78, 5) is 0. The third kappa shape index (κ3) is 3.79. The number of hydrogen-bond donors (Lipinski definition) is 1. The van der Waals surface area contributed by atoms with Crippen molar-refractivity contribution in [2.45, 2.75) is 50.4 Å². The minimum absolute atomic E-state index is 0.614. The van der Waals surface area contributed by atoms with E-state index in [0.717, 1.165) is 13.2 Å². The molecule has 0 saturated carbocycles. The molecule has 1 saturated heterocycles. The zero-order chi connectivity index (χ0) is 9.52. The first-order valence-corrected chi connectivity index (χ1v) is 8.00. The molecule has 1 aliphatic heterocycles. The quantitative estimate of drug-likeness (QED) is 0.687. The van der Waals surface area contributed by atoms with E-state index >= 15 is 0 Å². The highest BCUT2D eigenvalue weighted by Crippen LogP contribution is 2.20. The first-order chi connectivity index (χ1) is 6.38. The maximum absolute atomic E-state index is 5.85. The maximum Gasteiger partial charge on any atom is 0.0714 e. The Morgan fingerprint density at radius 2 is 2.31 bits per heavy atom. The van der Waals surface area contributed by atoms with E-state index in [4.69, 9.17) is 10.5 Å². The monoisotopic (exact) mass is 201 g/mol. The molecule has 0 bridgehead atoms. The van der Waals surface area contributed by atoms with E-state index < -0.39 is 8.80 Å². The molecule has 0 amide bonds. The highest BCUT2D eigenvalue weighted by atomic mass is 28.3. The van der Waals surface area contributed by atoms with Crippen LogP contribution in [0.4, 0.5) is 0 Å². The summed E-state index contributed by atoms with van der Waals surface area (Å²) in [5.41, 5.74) is 6.21. The van der Waals surface area contributed by atoms with Gasteiger partial charge >= 0.3 is 0 Å². The van der Waals surface area contributed by atoms with Crippen LogP contribution in [0.1, 0.15) is 32.6 Å². The van der Waals surface area contributed by atoms with Crippen molar-refractivity contribution >= 4 is 8.80 Å². The largest absolute Gasteiger partial charge is 0.382 e. The third-order valence-corrected chi connectivity index (χ3v) is 6.82. The van der Waals surface area contributed by atoms with Crippen LogP contribution in [0.25, 0.3) is 0 Å². The Morgan fingerprint density at radius 3 is 2.85 bits per heavy atom. The number of hydrogen-bond acceptors (Lipinski definition) is 2. The molecule has 3 heteroatoms. The predicted octanol–water partition coefficient (Wildman–Crippen LogP) is 1.69. The molecule has 78 valence electrons. The zero-order valence-electron chi connectivity index (χ0n) is 8.80. The summed E-state index contributed by atoms with van der Waals surface area (Å²) in [6.07, 6.45) is 5.20. The lowest BCUT2D eigenvalue weighted by molar-refractivity contribution is 0.0621. The van der Waals surface area contributed by atoms with Gasteiger partial charge in [0.15, 0.2) is 0 Å². The highest BCUT2D eigenvalue weighted by molar-refractivity contribution is 6.60. The summed E-state index contributed by atoms with van der Waals surface area (Å²) >= 11 is 0. The topological polar surface area (TPSA) is 35.2 Å². The van der Waals surface area contributed by atoms with E-state index in [2.05, 4.69) is 6.92 Å². The van der Waals surface area contributed by atoms with Crippen molar-refractivity contribution < 1.29 is 4.74 Å². The summed E-state index contributed by atoms with van der Waals surface area (Å²) < 4.78 is 5.85. The zero-order valence-corrected chi connectivity index (χ0v) is 9.95. The van der Waals surface area contributed by atoms with Crippen LogP contribution in [0.5, 0.6) is 0 Å². The molecule has 1 aliphatic rings. The predicted molar refractivity (Wildman–Crippen MR) is 59.7 cm³/mol. The molecule has 1 fully saturated rings. The van der Waals surface area contributed by atoms with Gasteiger partial charge in [-0.25, -0.2) is 0 Å². The average Bonchev–Trinajstić information content (AvgIpc) is 2.21. The third-order valence-electron chi connectivity index (χ3n) is 3.04. The van der Waals surface area contributed by atoms with Gasteiger partial charge in [0, 0.05) is 12.3 Å². The van der Waals surface area contributed by atoms with Crippen molar-refractivity contribution in [2.24, 2.45) is 5.73 Å². The lowest BCUT2D eigenvalue weighted by atomic mass is 10.2. The molecule has 0 spiro atoms. The Hall–Kier alpha value is 0.137. The highest BCUT2D eigenvalue weighted by Gasteiger charge is 2.23. The van der Waals surface area contributed by atoms with Crippen LogP contribution in [-0.4, -0.2) is 27.7 Å². The summed E-state index contributed by atoms with van der Waals surface area (Å²) in [7, 11) is -0.614. The molecule has 0 aromatic carbocycles. The Morgan fingerprint density at radius 1 is 1.46 bits per heavy atom. The molecule has 0 aromatic heterocycles. The first kappa shape index (κ1) is 11.2. The van der Waals surface area contributed by atoms with E-state index in [1.807, 2.05) is 0 Å². The molecule has 2 nitrogen and oxygen atoms in total. The summed E-state index contributed by atoms with van der Waals surface area (Å²) in [5, 5.41) is 0. The fraction of sp³-hybridized carbons (Fsp3) is 1.00. The van der Waals surface area contributed by atoms with Crippen molar-refractivity contribution in [3.8, 4) is 0 Å². The second kappa shape index (κ2) is 6.57. The normalized spacial score (nSPS) is 25.8. The number of ether oxygens (including phenoxy) is 1. The van der Waals surface area contributed by atoms with Crippen molar-refractivity contribution in [1.29, 1.82) is 0 Å². The fourth-order valence-electron chi connectivity index (χ4n) is 2.17. The van der Waals surface area contributed by atoms with Gasteiger partial charge in [0.2, 0.25) is 0 Å². The molecule has 0 radical (unpaired) electrons. The van der Waals surface area contributed by atoms with Gasteiger partial charge in [-0.1, -0.05) is 19.0 Å². The van der Waals surface area contributed by atoms with E-state index in [1.54, 1.807) is 0 Å². The summed E-state index contributed by atoms with van der Waals surface area (Å²) in [5.74, 6) is 0. The van der Waals surface area contributed by atoms with E-state index in [1.165, 1.54) is 37.8 Å². The SMILES string of the molecule is CC[SiH](CCCN)C1CCCCO1. The first-order valence-electron chi connectivity index (χ1n) is 5.70. The Balaban J connectivity index is 2.26. The minimum atomic E-state index is -0.614. The molecule has 0 aliphatic carbocycles. The maximum atomic E-state index is 5.85. The standard InChI is InChI=1S/C10H23NOSi/c1-2-13(9-5-7-11)10-6-3-4-8-12-10/h10,13H,2-9,11H2,1H3. The Labute approximate surface area is 83.4 Å². The van der Waals surface area contributed by atoms with Gasteiger partial charge in [0.25, 0.3) is 0 Å². The molecule has 13 heavy (non-hydrogen) atoms. The Bertz CT molecular complexity index is 126. The van der Waals surface area contributed by atoms with Crippen LogP contribution in [0.2, 0.25) is 12.1 Å². The molecule has 2 unspecified atom stereocenters. The van der Waals surface area contributed by atoms with Crippen molar-refractivity contribution in [3.63, 3.8) is 0 Å². The Kier molecular flexibility index (Phi) is 5.67. The van der Waals surface area contributed by atoms with Crippen LogP contribution in [0, 0.1) is 0 Å². The lowest BCUT2D eigenvalue weighted by Crippen LogP contribution is -2.35. The van der Waals surface area contributed by atoms with Crippen molar-refractivity contribution in [3.05, 3.63) is 0 Å². The number of rotatable bonds is 5. The van der Waals surface area contributed by atoms with Gasteiger partial charge in [-0.05, 0) is 32.2 Å². The molecular weight excluding hydrogens is 178 g/mol. The average molecular weight is 201 g/mol. The molecule has 2 atom stereocenters. The molecule has 2 N–H and O–H groups in total. The van der Waals surface area contributed by atoms with Gasteiger partial charge in [-0.3, -0.25) is 0 Å². The van der Waals surface area contributed by atoms with E-state index in [9.17, 15) is 0 Å². The second-order valence-electron chi connectivity index (χ2n) is 4.00. The van der Waals surface area contributed by atoms with Crippen molar-refractivity contribution in [1.82, 2.24) is 0 Å². The minimum Gasteiger partial charge on any atom is -0.382 e. The molecule has 0 aromatic rings. The van der Waals surface area contributed by atoms with Crippen LogP contribution in [-0.2, 0) is 4.74 Å². The van der Waals surface area contributed by atoms with Crippen LogP contribution < -0.4 is 5.73 Å². The van der Waals surface area contributed by atoms with Crippen molar-refractivity contribution in [2.75, 3.05) is 13.2 Å². The number of nitrogens with two attached hydrogens (primary N) is 1. The second-order valence-corrected chi connectivity index (χ2v) is 7.66. The van der Waals surface area contributed by atoms with Gasteiger partial charge in [-0.15, -0.1) is 0 Å². The van der Waals surface area contributed by atoms with Crippen LogP contribution in [0.15, 0.2) is 0 Å². The fourth-order valence-corrected chi connectivity index (χ4v) is 5.35. The van der Waals surface area contributed by atoms with Gasteiger partial charge in [0.1, 0.15) is 0 Å².